The first kappa shape index (κ1) is 22.3. The molecule has 1 N–H and O–H groups in total. The zero-order chi connectivity index (χ0) is 22.7. The van der Waals surface area contributed by atoms with Gasteiger partial charge < -0.3 is 20.0 Å². The predicted octanol–water partition coefficient (Wildman–Crippen LogP) is 2.73. The second-order valence-corrected chi connectivity index (χ2v) is 7.12. The Morgan fingerprint density at radius 3 is 2.52 bits per heavy atom. The lowest BCUT2D eigenvalue weighted by atomic mass is 10.1. The Kier molecular flexibility index (Phi) is 6.64. The summed E-state index contributed by atoms with van der Waals surface area (Å²) < 4.78 is 48.0. The molecule has 0 aliphatic rings. The molecule has 1 aromatic heterocycles. The molecule has 162 valence electrons. The molecule has 0 saturated heterocycles. The number of nitrogens with one attached hydrogen (secondary N) is 1. The van der Waals surface area contributed by atoms with Gasteiger partial charge in [-0.05, 0) is 58.2 Å². The van der Waals surface area contributed by atoms with Gasteiger partial charge in [0.25, 0.3) is 5.56 Å². The minimum absolute atomic E-state index is 0.0369. The molecule has 0 unspecified atom stereocenters. The van der Waals surface area contributed by atoms with Crippen LogP contribution in [0.15, 0.2) is 45.7 Å². The van der Waals surface area contributed by atoms with Gasteiger partial charge in [-0.15, -0.1) is 0 Å². The van der Waals surface area contributed by atoms with Crippen molar-refractivity contribution in [3.05, 3.63) is 85.6 Å². The van der Waals surface area contributed by atoms with Crippen molar-refractivity contribution < 1.29 is 27.8 Å². The number of hydrogen-bond acceptors (Lipinski definition) is 5. The number of hydrogen-bond donors (Lipinski definition) is 1. The van der Waals surface area contributed by atoms with Gasteiger partial charge in [-0.1, -0.05) is 12.1 Å². The number of para-hydroxylation sites is 1. The molecule has 0 aliphatic heterocycles. The first-order valence-electron chi connectivity index (χ1n) is 8.77. The van der Waals surface area contributed by atoms with Gasteiger partial charge in [0.15, 0.2) is 0 Å². The van der Waals surface area contributed by atoms with Gasteiger partial charge in [0.1, 0.15) is 46.1 Å². The number of carbonyl (C=O) groups excluding carboxylic acids is 1. The number of nitrogens with zero attached hydrogens (tertiary/aromatic N) is 2. The highest BCUT2D eigenvalue weighted by Crippen LogP contribution is 2.24. The second-order valence-electron chi connectivity index (χ2n) is 6.33. The fraction of sp³-hybridized carbons (Fsp3) is 0.150. The topological polar surface area (TPSA) is 96.3 Å². The summed E-state index contributed by atoms with van der Waals surface area (Å²) >= 11 is 3.04. The average Bonchev–Trinajstić information content (AvgIpc) is 2.71. The summed E-state index contributed by atoms with van der Waals surface area (Å²) in [5, 5.41) is 12.6. The Labute approximate surface area is 182 Å². The molecule has 0 atom stereocenters. The average molecular weight is 497 g/mol. The molecule has 1 amide bonds. The van der Waals surface area contributed by atoms with E-state index in [1.807, 2.05) is 5.32 Å². The highest BCUT2D eigenvalue weighted by molar-refractivity contribution is 9.10. The van der Waals surface area contributed by atoms with Gasteiger partial charge >= 0.3 is 0 Å². The van der Waals surface area contributed by atoms with E-state index in [1.165, 1.54) is 19.1 Å². The third-order valence-corrected chi connectivity index (χ3v) is 4.96. The summed E-state index contributed by atoms with van der Waals surface area (Å²) in [7, 11) is 0. The minimum Gasteiger partial charge on any atom is -0.530 e. The molecule has 0 spiro atoms. The maximum Gasteiger partial charge on any atom is 0.276 e. The number of benzene rings is 2. The van der Waals surface area contributed by atoms with Crippen molar-refractivity contribution in [1.82, 2.24) is 14.9 Å². The standard InChI is InChI=1S/C20H15BrF3N3O4/c1-10-26-18(16(21)19(28)27(10)17-14(23)3-2-4-15(17)24)31-9-11-5-6-13(22)7-12(11)8-25-20(29)30/h2-7,25H,8-9H2,1H3,(H,29,30)/p-1. The first-order valence-corrected chi connectivity index (χ1v) is 9.56. The van der Waals surface area contributed by atoms with Crippen molar-refractivity contribution in [2.45, 2.75) is 20.1 Å². The van der Waals surface area contributed by atoms with Crippen molar-refractivity contribution in [1.29, 1.82) is 0 Å². The third kappa shape index (κ3) is 4.88. The van der Waals surface area contributed by atoms with Crippen molar-refractivity contribution in [2.75, 3.05) is 0 Å². The first-order chi connectivity index (χ1) is 14.7. The summed E-state index contributed by atoms with van der Waals surface area (Å²) in [4.78, 5) is 27.5. The van der Waals surface area contributed by atoms with Crippen molar-refractivity contribution in [3.8, 4) is 11.6 Å². The maximum absolute atomic E-state index is 14.1. The van der Waals surface area contributed by atoms with E-state index in [2.05, 4.69) is 20.9 Å². The second kappa shape index (κ2) is 9.21. The van der Waals surface area contributed by atoms with Crippen LogP contribution in [0, 0.1) is 24.4 Å². The van der Waals surface area contributed by atoms with Gasteiger partial charge in [0, 0.05) is 6.54 Å². The summed E-state index contributed by atoms with van der Waals surface area (Å²) in [6.45, 7) is 0.965. The van der Waals surface area contributed by atoms with E-state index < -0.39 is 34.8 Å². The Balaban J connectivity index is 1.93. The third-order valence-electron chi connectivity index (χ3n) is 4.28. The normalized spacial score (nSPS) is 10.7. The molecule has 0 aliphatic carbocycles. The van der Waals surface area contributed by atoms with E-state index in [9.17, 15) is 27.9 Å². The van der Waals surface area contributed by atoms with E-state index >= 15 is 0 Å². The van der Waals surface area contributed by atoms with Gasteiger partial charge in [-0.2, -0.15) is 4.98 Å². The molecule has 0 fully saturated rings. The molecule has 0 saturated carbocycles. The van der Waals surface area contributed by atoms with Crippen LogP contribution in [0.3, 0.4) is 0 Å². The molecule has 0 radical (unpaired) electrons. The lowest BCUT2D eigenvalue weighted by molar-refractivity contribution is -0.251. The van der Waals surface area contributed by atoms with Gasteiger partial charge in [-0.25, -0.2) is 13.2 Å². The van der Waals surface area contributed by atoms with E-state index in [0.29, 0.717) is 11.1 Å². The number of halogens is 4. The molecule has 0 bridgehead atoms. The van der Waals surface area contributed by atoms with Gasteiger partial charge in [0.05, 0.1) is 0 Å². The minimum atomic E-state index is -1.53. The van der Waals surface area contributed by atoms with Crippen LogP contribution in [0.25, 0.3) is 5.69 Å². The van der Waals surface area contributed by atoms with Crippen LogP contribution in [0.2, 0.25) is 0 Å². The Morgan fingerprint density at radius 1 is 1.19 bits per heavy atom. The molecule has 31 heavy (non-hydrogen) atoms. The van der Waals surface area contributed by atoms with Crippen LogP contribution in [-0.4, -0.2) is 15.6 Å². The summed E-state index contributed by atoms with van der Waals surface area (Å²) in [6, 6.07) is 6.87. The van der Waals surface area contributed by atoms with E-state index in [-0.39, 0.29) is 29.3 Å². The maximum atomic E-state index is 14.1. The summed E-state index contributed by atoms with van der Waals surface area (Å²) in [5.41, 5.74) is -0.659. The number of carbonyl (C=O) groups is 1. The van der Waals surface area contributed by atoms with Crippen LogP contribution in [0.1, 0.15) is 17.0 Å². The molecule has 2 aromatic carbocycles. The molecule has 3 aromatic rings. The predicted molar refractivity (Wildman–Crippen MR) is 105 cm³/mol. The number of rotatable bonds is 6. The van der Waals surface area contributed by atoms with E-state index in [4.69, 9.17) is 4.74 Å². The summed E-state index contributed by atoms with van der Waals surface area (Å²) in [6.07, 6.45) is -1.53. The number of amides is 1. The molecular formula is C20H14BrF3N3O4-. The molecule has 11 heteroatoms. The SMILES string of the molecule is Cc1nc(OCc2ccc(F)cc2CNC(=O)[O-])c(Br)c(=O)n1-c1c(F)cccc1F. The fourth-order valence-electron chi connectivity index (χ4n) is 2.86. The lowest BCUT2D eigenvalue weighted by Crippen LogP contribution is -2.36. The van der Waals surface area contributed by atoms with Crippen LogP contribution >= 0.6 is 15.9 Å². The largest absolute Gasteiger partial charge is 0.530 e. The van der Waals surface area contributed by atoms with Crippen molar-refractivity contribution in [3.63, 3.8) is 0 Å². The molecule has 1 heterocycles. The number of aromatic nitrogens is 2. The highest BCUT2D eigenvalue weighted by Gasteiger charge is 2.20. The number of carboxylic acid groups (broad SMARTS) is 1. The Morgan fingerprint density at radius 2 is 1.87 bits per heavy atom. The van der Waals surface area contributed by atoms with Crippen molar-refractivity contribution in [2.24, 2.45) is 0 Å². The van der Waals surface area contributed by atoms with Crippen molar-refractivity contribution >= 4 is 22.0 Å². The monoisotopic (exact) mass is 496 g/mol. The van der Waals surface area contributed by atoms with Crippen LogP contribution in [0.4, 0.5) is 18.0 Å². The molecular weight excluding hydrogens is 483 g/mol. The zero-order valence-corrected chi connectivity index (χ0v) is 17.5. The number of ether oxygens (including phenoxy) is 1. The van der Waals surface area contributed by atoms with E-state index in [0.717, 1.165) is 28.8 Å². The van der Waals surface area contributed by atoms with Crippen LogP contribution in [-0.2, 0) is 13.2 Å². The zero-order valence-electron chi connectivity index (χ0n) is 15.9. The highest BCUT2D eigenvalue weighted by atomic mass is 79.9. The smallest absolute Gasteiger partial charge is 0.276 e. The molecule has 3 rings (SSSR count). The van der Waals surface area contributed by atoms with Crippen LogP contribution < -0.4 is 20.7 Å². The fourth-order valence-corrected chi connectivity index (χ4v) is 3.24. The lowest BCUT2D eigenvalue weighted by Gasteiger charge is -2.16. The summed E-state index contributed by atoms with van der Waals surface area (Å²) in [5.74, 6) is -2.65. The van der Waals surface area contributed by atoms with E-state index in [1.54, 1.807) is 0 Å². The Hall–Kier alpha value is -3.34. The Bertz CT molecular complexity index is 1200. The molecule has 7 nitrogen and oxygen atoms in total. The van der Waals surface area contributed by atoms with Crippen LogP contribution in [0.5, 0.6) is 5.88 Å². The quantitative estimate of drug-likeness (QED) is 0.565. The number of aryl methyl sites for hydroxylation is 1. The van der Waals surface area contributed by atoms with Gasteiger partial charge in [-0.3, -0.25) is 9.36 Å². The van der Waals surface area contributed by atoms with Gasteiger partial charge in [0.2, 0.25) is 5.88 Å².